The molecule has 0 spiro atoms. The zero-order valence-corrected chi connectivity index (χ0v) is 15.8. The molecule has 3 rings (SSSR count). The molecule has 0 bridgehead atoms. The number of hydrogen-bond acceptors (Lipinski definition) is 4. The van der Waals surface area contributed by atoms with E-state index in [1.165, 1.54) is 31.3 Å². The Balaban J connectivity index is 1.53. The third-order valence-electron chi connectivity index (χ3n) is 4.79. The molecule has 0 fully saturated rings. The lowest BCUT2D eigenvalue weighted by Gasteiger charge is -2.14. The van der Waals surface area contributed by atoms with Crippen LogP contribution in [-0.2, 0) is 6.54 Å². The second-order valence-electron chi connectivity index (χ2n) is 6.74. The Hall–Kier alpha value is -2.82. The predicted molar refractivity (Wildman–Crippen MR) is 108 cm³/mol. The van der Waals surface area contributed by atoms with Crippen LogP contribution in [0.5, 0.6) is 5.75 Å². The van der Waals surface area contributed by atoms with E-state index in [9.17, 15) is 4.79 Å². The Morgan fingerprint density at radius 3 is 2.93 bits per heavy atom. The van der Waals surface area contributed by atoms with Gasteiger partial charge in [-0.15, -0.1) is 0 Å². The first-order valence-electron chi connectivity index (χ1n) is 9.53. The molecule has 1 aliphatic carbocycles. The number of ether oxygens (including phenoxy) is 1. The molecule has 0 aliphatic heterocycles. The van der Waals surface area contributed by atoms with E-state index < -0.39 is 0 Å². The number of methoxy groups -OCH3 is 1. The van der Waals surface area contributed by atoms with Crippen LogP contribution < -0.4 is 15.4 Å². The Labute approximate surface area is 160 Å². The number of para-hydroxylation sites is 1. The van der Waals surface area contributed by atoms with Crippen molar-refractivity contribution in [3.63, 3.8) is 0 Å². The average Bonchev–Trinajstić information content (AvgIpc) is 2.73. The third kappa shape index (κ3) is 5.58. The van der Waals surface area contributed by atoms with Crippen LogP contribution in [0.3, 0.4) is 0 Å². The fourth-order valence-electron chi connectivity index (χ4n) is 3.29. The van der Waals surface area contributed by atoms with Gasteiger partial charge in [-0.05, 0) is 44.2 Å². The number of rotatable bonds is 8. The molecule has 1 heterocycles. The van der Waals surface area contributed by atoms with Gasteiger partial charge in [0, 0.05) is 31.0 Å². The number of amides is 1. The summed E-state index contributed by atoms with van der Waals surface area (Å²) in [7, 11) is 1.63. The number of benzene rings is 1. The molecule has 1 aliphatic rings. The molecule has 1 aromatic carbocycles. The van der Waals surface area contributed by atoms with Crippen molar-refractivity contribution in [1.29, 1.82) is 0 Å². The van der Waals surface area contributed by atoms with Crippen LogP contribution >= 0.6 is 0 Å². The van der Waals surface area contributed by atoms with E-state index in [4.69, 9.17) is 4.74 Å². The molecule has 0 atom stereocenters. The van der Waals surface area contributed by atoms with Gasteiger partial charge in [0.25, 0.3) is 5.91 Å². The number of nitrogens with zero attached hydrogens (tertiary/aromatic N) is 1. The maximum atomic E-state index is 12.5. The summed E-state index contributed by atoms with van der Waals surface area (Å²) in [6.07, 6.45) is 11.8. The van der Waals surface area contributed by atoms with Gasteiger partial charge in [0.05, 0.1) is 18.4 Å². The Morgan fingerprint density at radius 2 is 2.11 bits per heavy atom. The van der Waals surface area contributed by atoms with Gasteiger partial charge in [-0.25, -0.2) is 0 Å². The SMILES string of the molecule is COc1ccccc1CNC(=O)c1cncc(NCCC2=CCCCC2)c1. The summed E-state index contributed by atoms with van der Waals surface area (Å²) in [5, 5.41) is 6.31. The average molecular weight is 365 g/mol. The Morgan fingerprint density at radius 1 is 1.22 bits per heavy atom. The van der Waals surface area contributed by atoms with Crippen molar-refractivity contribution in [2.24, 2.45) is 0 Å². The zero-order valence-electron chi connectivity index (χ0n) is 15.8. The van der Waals surface area contributed by atoms with Crippen LogP contribution in [0.25, 0.3) is 0 Å². The predicted octanol–water partition coefficient (Wildman–Crippen LogP) is 4.32. The second-order valence-corrected chi connectivity index (χ2v) is 6.74. The number of carbonyl (C=O) groups excluding carboxylic acids is 1. The van der Waals surface area contributed by atoms with E-state index in [1.807, 2.05) is 30.3 Å². The number of pyridine rings is 1. The first-order chi connectivity index (χ1) is 13.3. The summed E-state index contributed by atoms with van der Waals surface area (Å²) in [5.74, 6) is 0.621. The highest BCUT2D eigenvalue weighted by atomic mass is 16.5. The Bertz CT molecular complexity index is 802. The first-order valence-corrected chi connectivity index (χ1v) is 9.53. The van der Waals surface area contributed by atoms with Gasteiger partial charge in [-0.3, -0.25) is 9.78 Å². The van der Waals surface area contributed by atoms with Crippen LogP contribution in [0.1, 0.15) is 48.0 Å². The lowest BCUT2D eigenvalue weighted by Crippen LogP contribution is -2.23. The maximum Gasteiger partial charge on any atom is 0.253 e. The number of carbonyl (C=O) groups is 1. The van der Waals surface area contributed by atoms with Gasteiger partial charge in [0.2, 0.25) is 0 Å². The molecule has 0 unspecified atom stereocenters. The molecule has 2 N–H and O–H groups in total. The van der Waals surface area contributed by atoms with E-state index >= 15 is 0 Å². The molecule has 1 aromatic heterocycles. The van der Waals surface area contributed by atoms with Crippen molar-refractivity contribution in [2.45, 2.75) is 38.6 Å². The van der Waals surface area contributed by atoms with Gasteiger partial charge in [-0.2, -0.15) is 0 Å². The van der Waals surface area contributed by atoms with Crippen LogP contribution in [0, 0.1) is 0 Å². The highest BCUT2D eigenvalue weighted by Gasteiger charge is 2.09. The van der Waals surface area contributed by atoms with Gasteiger partial charge >= 0.3 is 0 Å². The molecule has 0 saturated heterocycles. The fraction of sp³-hybridized carbons (Fsp3) is 0.364. The van der Waals surface area contributed by atoms with Crippen molar-refractivity contribution >= 4 is 11.6 Å². The lowest BCUT2D eigenvalue weighted by atomic mass is 9.97. The van der Waals surface area contributed by atoms with Crippen molar-refractivity contribution in [1.82, 2.24) is 10.3 Å². The van der Waals surface area contributed by atoms with E-state index in [0.29, 0.717) is 12.1 Å². The van der Waals surface area contributed by atoms with Crippen molar-refractivity contribution in [3.8, 4) is 5.75 Å². The van der Waals surface area contributed by atoms with Gasteiger partial charge in [0.15, 0.2) is 0 Å². The molecule has 5 nitrogen and oxygen atoms in total. The minimum Gasteiger partial charge on any atom is -0.496 e. The van der Waals surface area contributed by atoms with Gasteiger partial charge in [0.1, 0.15) is 5.75 Å². The largest absolute Gasteiger partial charge is 0.496 e. The minimum atomic E-state index is -0.146. The van der Waals surface area contributed by atoms with E-state index in [2.05, 4.69) is 21.7 Å². The summed E-state index contributed by atoms with van der Waals surface area (Å²) >= 11 is 0. The number of allylic oxidation sites excluding steroid dienone is 1. The smallest absolute Gasteiger partial charge is 0.253 e. The molecule has 5 heteroatoms. The topological polar surface area (TPSA) is 63.2 Å². The van der Waals surface area contributed by atoms with Gasteiger partial charge < -0.3 is 15.4 Å². The monoisotopic (exact) mass is 365 g/mol. The fourth-order valence-corrected chi connectivity index (χ4v) is 3.29. The highest BCUT2D eigenvalue weighted by Crippen LogP contribution is 2.20. The lowest BCUT2D eigenvalue weighted by molar-refractivity contribution is 0.0950. The van der Waals surface area contributed by atoms with Crippen molar-refractivity contribution in [2.75, 3.05) is 19.0 Å². The van der Waals surface area contributed by atoms with Gasteiger partial charge in [-0.1, -0.05) is 29.8 Å². The molecule has 27 heavy (non-hydrogen) atoms. The molecule has 0 saturated carbocycles. The van der Waals surface area contributed by atoms with Crippen molar-refractivity contribution in [3.05, 3.63) is 65.5 Å². The minimum absolute atomic E-state index is 0.146. The Kier molecular flexibility index (Phi) is 6.85. The number of nitrogens with one attached hydrogen (secondary N) is 2. The van der Waals surface area contributed by atoms with E-state index in [1.54, 1.807) is 19.5 Å². The summed E-state index contributed by atoms with van der Waals surface area (Å²) in [5.41, 5.74) is 3.90. The number of anilines is 1. The van der Waals surface area contributed by atoms with Crippen molar-refractivity contribution < 1.29 is 9.53 Å². The quantitative estimate of drug-likeness (QED) is 0.684. The van der Waals surface area contributed by atoms with Crippen LogP contribution in [0.15, 0.2) is 54.4 Å². The van der Waals surface area contributed by atoms with Crippen LogP contribution in [-0.4, -0.2) is 24.5 Å². The van der Waals surface area contributed by atoms with E-state index in [0.717, 1.165) is 30.0 Å². The normalized spacial score (nSPS) is 13.6. The molecular formula is C22H27N3O2. The first kappa shape index (κ1) is 19.0. The standard InChI is InChI=1S/C22H27N3O2/c1-27-21-10-6-5-9-18(21)15-25-22(26)19-13-20(16-23-14-19)24-12-11-17-7-3-2-4-8-17/h5-7,9-10,13-14,16,24H,2-4,8,11-12,15H2,1H3,(H,25,26). The number of aromatic nitrogens is 1. The summed E-state index contributed by atoms with van der Waals surface area (Å²) in [6.45, 7) is 1.27. The molecular weight excluding hydrogens is 338 g/mol. The van der Waals surface area contributed by atoms with E-state index in [-0.39, 0.29) is 5.91 Å². The summed E-state index contributed by atoms with van der Waals surface area (Å²) in [6, 6.07) is 9.51. The number of hydrogen-bond donors (Lipinski definition) is 2. The van der Waals surface area contributed by atoms with Crippen LogP contribution in [0.4, 0.5) is 5.69 Å². The third-order valence-corrected chi connectivity index (χ3v) is 4.79. The second kappa shape index (κ2) is 9.76. The molecule has 0 radical (unpaired) electrons. The molecule has 1 amide bonds. The molecule has 142 valence electrons. The summed E-state index contributed by atoms with van der Waals surface area (Å²) in [4.78, 5) is 16.7. The zero-order chi connectivity index (χ0) is 18.9. The molecule has 2 aromatic rings. The summed E-state index contributed by atoms with van der Waals surface area (Å²) < 4.78 is 5.32. The highest BCUT2D eigenvalue weighted by molar-refractivity contribution is 5.94. The maximum absolute atomic E-state index is 12.5. The van der Waals surface area contributed by atoms with Crippen LogP contribution in [0.2, 0.25) is 0 Å².